The van der Waals surface area contributed by atoms with E-state index in [2.05, 4.69) is 4.89 Å². The molecule has 1 aromatic rings. The summed E-state index contributed by atoms with van der Waals surface area (Å²) in [6.07, 6.45) is 2.60. The summed E-state index contributed by atoms with van der Waals surface area (Å²) < 4.78 is 11.1. The highest BCUT2D eigenvalue weighted by atomic mass is 17.1. The number of fused-ring (bicyclic) bond motifs is 2. The predicted molar refractivity (Wildman–Crippen MR) is 65.0 cm³/mol. The topological polar surface area (TPSA) is 65.0 Å². The number of rotatable bonds is 1. The van der Waals surface area contributed by atoms with Crippen LogP contribution < -0.4 is 0 Å². The van der Waals surface area contributed by atoms with Crippen molar-refractivity contribution in [3.8, 4) is 0 Å². The molecule has 5 heteroatoms. The van der Waals surface area contributed by atoms with Gasteiger partial charge in [-0.05, 0) is 26.0 Å². The second kappa shape index (κ2) is 3.90. The summed E-state index contributed by atoms with van der Waals surface area (Å²) >= 11 is 0. The second-order valence-corrected chi connectivity index (χ2v) is 4.93. The first kappa shape index (κ1) is 12.3. The molecule has 0 saturated carbocycles. The van der Waals surface area contributed by atoms with Crippen molar-refractivity contribution in [1.29, 1.82) is 0 Å². The minimum Gasteiger partial charge on any atom is -0.423 e. The third-order valence-corrected chi connectivity index (χ3v) is 3.58. The maximum absolute atomic E-state index is 11.6. The molecular formula is C14H14O5. The predicted octanol–water partition coefficient (Wildman–Crippen LogP) is 2.08. The van der Waals surface area contributed by atoms with E-state index in [-0.39, 0.29) is 0 Å². The van der Waals surface area contributed by atoms with Crippen molar-refractivity contribution in [3.63, 3.8) is 0 Å². The van der Waals surface area contributed by atoms with Gasteiger partial charge in [0.15, 0.2) is 6.10 Å². The first-order valence-corrected chi connectivity index (χ1v) is 6.04. The van der Waals surface area contributed by atoms with Crippen molar-refractivity contribution >= 4 is 5.97 Å². The van der Waals surface area contributed by atoms with Crippen LogP contribution in [0.4, 0.5) is 0 Å². The first-order valence-electron chi connectivity index (χ1n) is 6.04. The van der Waals surface area contributed by atoms with Crippen molar-refractivity contribution < 1.29 is 24.4 Å². The fraction of sp³-hybridized carbons (Fsp3) is 0.357. The Morgan fingerprint density at radius 2 is 1.95 bits per heavy atom. The van der Waals surface area contributed by atoms with Gasteiger partial charge in [-0.15, -0.1) is 0 Å². The SMILES string of the molecule is C[C@H]1O[C@@]2(C=C[C@@](C)(OO)c3ccccc32)OC1=O. The first-order chi connectivity index (χ1) is 9.01. The molecule has 5 nitrogen and oxygen atoms in total. The highest BCUT2D eigenvalue weighted by molar-refractivity contribution is 5.77. The fourth-order valence-electron chi connectivity index (χ4n) is 2.51. The number of carbonyl (C=O) groups is 1. The molecule has 3 rings (SSSR count). The van der Waals surface area contributed by atoms with E-state index in [4.69, 9.17) is 14.7 Å². The Bertz CT molecular complexity index is 567. The van der Waals surface area contributed by atoms with Crippen LogP contribution in [0.2, 0.25) is 0 Å². The van der Waals surface area contributed by atoms with Gasteiger partial charge in [0.25, 0.3) is 5.79 Å². The van der Waals surface area contributed by atoms with Gasteiger partial charge in [-0.25, -0.2) is 9.68 Å². The molecule has 1 spiro atoms. The minimum atomic E-state index is -1.22. The van der Waals surface area contributed by atoms with Gasteiger partial charge in [-0.1, -0.05) is 24.3 Å². The molecule has 0 radical (unpaired) electrons. The maximum atomic E-state index is 11.6. The molecule has 1 aliphatic carbocycles. The molecule has 1 aliphatic heterocycles. The van der Waals surface area contributed by atoms with Crippen LogP contribution in [0, 0.1) is 0 Å². The number of benzene rings is 1. The number of hydrogen-bond donors (Lipinski definition) is 1. The molecule has 1 saturated heterocycles. The third kappa shape index (κ3) is 1.63. The maximum Gasteiger partial charge on any atom is 0.338 e. The van der Waals surface area contributed by atoms with Gasteiger partial charge in [0, 0.05) is 11.1 Å². The quantitative estimate of drug-likeness (QED) is 0.363. The zero-order valence-electron chi connectivity index (χ0n) is 10.6. The summed E-state index contributed by atoms with van der Waals surface area (Å²) in [5.74, 6) is -1.63. The standard InChI is InChI=1S/C14H14O5/c1-9-12(15)18-14(17-9)8-7-13(2,19-16)10-5-3-4-6-11(10)14/h3-9,16H,1-2H3/t9-,13-,14+/m1/s1. The lowest BCUT2D eigenvalue weighted by Crippen LogP contribution is -2.37. The van der Waals surface area contributed by atoms with Gasteiger partial charge in [0.05, 0.1) is 0 Å². The average molecular weight is 262 g/mol. The van der Waals surface area contributed by atoms with Crippen LogP contribution in [0.5, 0.6) is 0 Å². The van der Waals surface area contributed by atoms with Crippen LogP contribution in [-0.2, 0) is 30.5 Å². The number of hydrogen-bond acceptors (Lipinski definition) is 5. The van der Waals surface area contributed by atoms with Crippen LogP contribution in [0.1, 0.15) is 25.0 Å². The summed E-state index contributed by atoms with van der Waals surface area (Å²) in [7, 11) is 0. The smallest absolute Gasteiger partial charge is 0.338 e. The van der Waals surface area contributed by atoms with Gasteiger partial charge >= 0.3 is 5.97 Å². The lowest BCUT2D eigenvalue weighted by atomic mass is 9.82. The normalized spacial score (nSPS) is 36.4. The number of ether oxygens (including phenoxy) is 2. The third-order valence-electron chi connectivity index (χ3n) is 3.58. The summed E-state index contributed by atoms with van der Waals surface area (Å²) in [6.45, 7) is 3.36. The molecule has 0 unspecified atom stereocenters. The summed E-state index contributed by atoms with van der Waals surface area (Å²) in [4.78, 5) is 16.2. The molecule has 3 atom stereocenters. The molecule has 1 aromatic carbocycles. The van der Waals surface area contributed by atoms with Crippen LogP contribution in [0.25, 0.3) is 0 Å². The Balaban J connectivity index is 2.17. The molecule has 0 bridgehead atoms. The molecule has 0 amide bonds. The van der Waals surface area contributed by atoms with Gasteiger partial charge in [-0.2, -0.15) is 0 Å². The molecular weight excluding hydrogens is 248 g/mol. The lowest BCUT2D eigenvalue weighted by molar-refractivity contribution is -0.310. The largest absolute Gasteiger partial charge is 0.423 e. The zero-order valence-corrected chi connectivity index (χ0v) is 10.6. The highest BCUT2D eigenvalue weighted by Gasteiger charge is 2.51. The molecule has 100 valence electrons. The summed E-state index contributed by atoms with van der Waals surface area (Å²) in [6, 6.07) is 7.24. The van der Waals surface area contributed by atoms with E-state index in [1.165, 1.54) is 0 Å². The fourth-order valence-corrected chi connectivity index (χ4v) is 2.51. The van der Waals surface area contributed by atoms with E-state index in [9.17, 15) is 4.79 Å². The van der Waals surface area contributed by atoms with Crippen LogP contribution in [-0.4, -0.2) is 17.3 Å². The van der Waals surface area contributed by atoms with Crippen LogP contribution >= 0.6 is 0 Å². The van der Waals surface area contributed by atoms with E-state index >= 15 is 0 Å². The molecule has 0 aromatic heterocycles. The molecule has 19 heavy (non-hydrogen) atoms. The Hall–Kier alpha value is -1.69. The van der Waals surface area contributed by atoms with E-state index in [1.807, 2.05) is 12.1 Å². The van der Waals surface area contributed by atoms with Crippen LogP contribution in [0.15, 0.2) is 36.4 Å². The molecule has 1 heterocycles. The number of carbonyl (C=O) groups excluding carboxylic acids is 1. The van der Waals surface area contributed by atoms with Crippen molar-refractivity contribution in [2.45, 2.75) is 31.3 Å². The van der Waals surface area contributed by atoms with Gasteiger partial charge in [-0.3, -0.25) is 5.26 Å². The Kier molecular flexibility index (Phi) is 2.53. The Morgan fingerprint density at radius 1 is 1.26 bits per heavy atom. The van der Waals surface area contributed by atoms with Crippen molar-refractivity contribution in [3.05, 3.63) is 47.5 Å². The Morgan fingerprint density at radius 3 is 2.53 bits per heavy atom. The molecule has 1 N–H and O–H groups in total. The highest BCUT2D eigenvalue weighted by Crippen LogP contribution is 2.46. The number of esters is 1. The van der Waals surface area contributed by atoms with E-state index in [0.717, 1.165) is 0 Å². The molecule has 2 aliphatic rings. The molecule has 1 fully saturated rings. The zero-order chi connectivity index (χ0) is 13.7. The van der Waals surface area contributed by atoms with Crippen molar-refractivity contribution in [1.82, 2.24) is 0 Å². The van der Waals surface area contributed by atoms with Crippen LogP contribution in [0.3, 0.4) is 0 Å². The van der Waals surface area contributed by atoms with Gasteiger partial charge < -0.3 is 9.47 Å². The van der Waals surface area contributed by atoms with Gasteiger partial charge in [0.2, 0.25) is 0 Å². The van der Waals surface area contributed by atoms with E-state index < -0.39 is 23.5 Å². The van der Waals surface area contributed by atoms with E-state index in [1.54, 1.807) is 38.1 Å². The van der Waals surface area contributed by atoms with Crippen molar-refractivity contribution in [2.75, 3.05) is 0 Å². The second-order valence-electron chi connectivity index (χ2n) is 4.93. The summed E-state index contributed by atoms with van der Waals surface area (Å²) in [5.41, 5.74) is 0.373. The average Bonchev–Trinajstić information content (AvgIpc) is 2.71. The lowest BCUT2D eigenvalue weighted by Gasteiger charge is -2.36. The Labute approximate surface area is 110 Å². The summed E-state index contributed by atoms with van der Waals surface area (Å²) in [5, 5.41) is 9.13. The monoisotopic (exact) mass is 262 g/mol. The minimum absolute atomic E-state index is 0.409. The van der Waals surface area contributed by atoms with E-state index in [0.29, 0.717) is 11.1 Å². The van der Waals surface area contributed by atoms with Crippen molar-refractivity contribution in [2.24, 2.45) is 0 Å². The van der Waals surface area contributed by atoms with Gasteiger partial charge in [0.1, 0.15) is 5.60 Å².